The number of nitrogens with zero attached hydrogens (tertiary/aromatic N) is 1. The Morgan fingerprint density at radius 1 is 0.512 bits per heavy atom. The Hall–Kier alpha value is -4.30. The lowest BCUT2D eigenvalue weighted by Crippen LogP contribution is -2.25. The van der Waals surface area contributed by atoms with E-state index in [-0.39, 0.29) is 0 Å². The van der Waals surface area contributed by atoms with Crippen LogP contribution in [0.2, 0.25) is 0 Å². The fourth-order valence-electron chi connectivity index (χ4n) is 8.56. The van der Waals surface area contributed by atoms with Crippen molar-refractivity contribution in [2.45, 2.75) is 43.9 Å². The van der Waals surface area contributed by atoms with Crippen LogP contribution in [0.5, 0.6) is 0 Å². The van der Waals surface area contributed by atoms with Gasteiger partial charge >= 0.3 is 0 Å². The van der Waals surface area contributed by atoms with E-state index in [4.69, 9.17) is 4.42 Å². The van der Waals surface area contributed by atoms with Gasteiger partial charge in [-0.3, -0.25) is 0 Å². The molecular weight excluding hydrogens is 498 g/mol. The maximum atomic E-state index is 6.64. The molecule has 2 atom stereocenters. The molecule has 2 fully saturated rings. The highest BCUT2D eigenvalue weighted by molar-refractivity contribution is 6.12. The van der Waals surface area contributed by atoms with Crippen LogP contribution < -0.4 is 4.90 Å². The van der Waals surface area contributed by atoms with Crippen molar-refractivity contribution in [3.05, 3.63) is 126 Å². The van der Waals surface area contributed by atoms with Gasteiger partial charge in [0.1, 0.15) is 5.58 Å². The van der Waals surface area contributed by atoms with Gasteiger partial charge in [0.2, 0.25) is 0 Å². The third kappa shape index (κ3) is 3.77. The van der Waals surface area contributed by atoms with Crippen molar-refractivity contribution in [2.24, 2.45) is 11.8 Å². The molecule has 4 aliphatic carbocycles. The fraction of sp³-hybridized carbons (Fsp3) is 0.231. The number of hydrogen-bond acceptors (Lipinski definition) is 2. The van der Waals surface area contributed by atoms with Crippen molar-refractivity contribution in [3.8, 4) is 11.1 Å². The SMILES string of the molecule is c1ccc(N(c2ccccc2)c2cc(-c3ccc4c(c3)C3CC5CC(CC4C5)C3)cc3c2oc2ccccc23)cc1. The van der Waals surface area contributed by atoms with Crippen LogP contribution in [0.1, 0.15) is 55.1 Å². The predicted molar refractivity (Wildman–Crippen MR) is 169 cm³/mol. The van der Waals surface area contributed by atoms with Gasteiger partial charge in [-0.05, 0) is 120 Å². The molecule has 2 saturated carbocycles. The Morgan fingerprint density at radius 3 is 1.85 bits per heavy atom. The van der Waals surface area contributed by atoms with Crippen molar-refractivity contribution < 1.29 is 4.42 Å². The first-order valence-electron chi connectivity index (χ1n) is 15.3. The van der Waals surface area contributed by atoms with Gasteiger partial charge in [0.15, 0.2) is 5.58 Å². The predicted octanol–water partition coefficient (Wildman–Crippen LogP) is 11.1. The quantitative estimate of drug-likeness (QED) is 0.225. The normalized spacial score (nSPS) is 22.6. The van der Waals surface area contributed by atoms with Crippen LogP contribution in [0.4, 0.5) is 17.1 Å². The van der Waals surface area contributed by atoms with Gasteiger partial charge in [-0.25, -0.2) is 0 Å². The molecule has 1 heterocycles. The van der Waals surface area contributed by atoms with Gasteiger partial charge in [-0.1, -0.05) is 72.8 Å². The molecule has 200 valence electrons. The van der Waals surface area contributed by atoms with E-state index in [1.807, 2.05) is 0 Å². The lowest BCUT2D eigenvalue weighted by Gasteiger charge is -2.38. The number of rotatable bonds is 4. The first kappa shape index (κ1) is 23.4. The molecule has 0 amide bonds. The van der Waals surface area contributed by atoms with E-state index in [0.29, 0.717) is 0 Å². The molecule has 4 bridgehead atoms. The second kappa shape index (κ2) is 9.11. The summed E-state index contributed by atoms with van der Waals surface area (Å²) >= 11 is 0. The highest BCUT2D eigenvalue weighted by Crippen LogP contribution is 2.56. The van der Waals surface area contributed by atoms with Gasteiger partial charge in [0.25, 0.3) is 0 Å². The lowest BCUT2D eigenvalue weighted by atomic mass is 9.67. The van der Waals surface area contributed by atoms with Gasteiger partial charge < -0.3 is 9.32 Å². The number of furan rings is 1. The van der Waals surface area contributed by atoms with Crippen LogP contribution in [0.15, 0.2) is 120 Å². The van der Waals surface area contributed by atoms with E-state index in [1.165, 1.54) is 48.6 Å². The summed E-state index contributed by atoms with van der Waals surface area (Å²) in [5.74, 6) is 3.35. The Morgan fingerprint density at radius 2 is 1.15 bits per heavy atom. The van der Waals surface area contributed by atoms with Gasteiger partial charge in [-0.15, -0.1) is 0 Å². The van der Waals surface area contributed by atoms with Crippen molar-refractivity contribution in [2.75, 3.05) is 4.90 Å². The topological polar surface area (TPSA) is 16.4 Å². The molecule has 0 spiro atoms. The van der Waals surface area contributed by atoms with Gasteiger partial charge in [-0.2, -0.15) is 0 Å². The molecule has 5 aromatic carbocycles. The van der Waals surface area contributed by atoms with E-state index >= 15 is 0 Å². The molecule has 10 rings (SSSR count). The van der Waals surface area contributed by atoms with Crippen LogP contribution in [-0.4, -0.2) is 0 Å². The summed E-state index contributed by atoms with van der Waals surface area (Å²) in [7, 11) is 0. The molecule has 2 unspecified atom stereocenters. The van der Waals surface area contributed by atoms with E-state index in [1.54, 1.807) is 11.1 Å². The lowest BCUT2D eigenvalue weighted by molar-refractivity contribution is 0.166. The summed E-state index contributed by atoms with van der Waals surface area (Å²) in [5, 5.41) is 2.33. The monoisotopic (exact) mass is 531 g/mol. The van der Waals surface area contributed by atoms with Crippen LogP contribution in [0, 0.1) is 11.8 Å². The summed E-state index contributed by atoms with van der Waals surface area (Å²) < 4.78 is 6.64. The first-order chi connectivity index (χ1) is 20.3. The molecule has 6 aromatic rings. The molecule has 4 aliphatic rings. The van der Waals surface area contributed by atoms with Crippen molar-refractivity contribution in [1.29, 1.82) is 0 Å². The maximum absolute atomic E-state index is 6.64. The summed E-state index contributed by atoms with van der Waals surface area (Å²) in [6.45, 7) is 0. The second-order valence-electron chi connectivity index (χ2n) is 12.6. The number of hydrogen-bond donors (Lipinski definition) is 0. The summed E-state index contributed by atoms with van der Waals surface area (Å²) in [6.07, 6.45) is 7.04. The molecule has 1 aromatic heterocycles. The highest BCUT2D eigenvalue weighted by Gasteiger charge is 2.42. The first-order valence-corrected chi connectivity index (χ1v) is 15.3. The fourth-order valence-corrected chi connectivity index (χ4v) is 8.56. The Bertz CT molecular complexity index is 1850. The molecular formula is C39H33NO. The zero-order valence-electron chi connectivity index (χ0n) is 23.2. The Balaban J connectivity index is 1.29. The molecule has 41 heavy (non-hydrogen) atoms. The molecule has 2 nitrogen and oxygen atoms in total. The zero-order chi connectivity index (χ0) is 26.9. The van der Waals surface area contributed by atoms with E-state index in [2.05, 4.69) is 120 Å². The summed E-state index contributed by atoms with van der Waals surface area (Å²) in [5.41, 5.74) is 11.0. The number of benzene rings is 5. The minimum atomic E-state index is 0.726. The minimum absolute atomic E-state index is 0.726. The standard InChI is InChI=1S/C39H33NO/c1-3-9-31(10-4-1)40(32-11-5-2-6-12-32)37-24-28(23-36-34-13-7-8-14-38(34)41-39(36)37)27-15-16-33-29-18-25-17-26(19-29)21-30(20-25)35(33)22-27/h1-16,22-26,29-30H,17-21H2. The van der Waals surface area contributed by atoms with E-state index < -0.39 is 0 Å². The molecule has 2 heteroatoms. The third-order valence-electron chi connectivity index (χ3n) is 10.2. The minimum Gasteiger partial charge on any atom is -0.454 e. The molecule has 0 N–H and O–H groups in total. The van der Waals surface area contributed by atoms with E-state index in [0.717, 1.165) is 57.3 Å². The third-order valence-corrected chi connectivity index (χ3v) is 10.2. The average Bonchev–Trinajstić information content (AvgIpc) is 3.31. The van der Waals surface area contributed by atoms with Gasteiger partial charge in [0, 0.05) is 22.1 Å². The van der Waals surface area contributed by atoms with Crippen LogP contribution in [-0.2, 0) is 0 Å². The number of fused-ring (bicyclic) bond motifs is 3. The Kier molecular flexibility index (Phi) is 5.20. The maximum Gasteiger partial charge on any atom is 0.159 e. The number of anilines is 3. The average molecular weight is 532 g/mol. The number of para-hydroxylation sites is 3. The van der Waals surface area contributed by atoms with Crippen LogP contribution in [0.3, 0.4) is 0 Å². The summed E-state index contributed by atoms with van der Waals surface area (Å²) in [6, 6.07) is 41.9. The van der Waals surface area contributed by atoms with Crippen molar-refractivity contribution in [3.63, 3.8) is 0 Å². The zero-order valence-corrected chi connectivity index (χ0v) is 23.2. The van der Waals surface area contributed by atoms with Crippen LogP contribution >= 0.6 is 0 Å². The highest BCUT2D eigenvalue weighted by atomic mass is 16.3. The van der Waals surface area contributed by atoms with Crippen LogP contribution in [0.25, 0.3) is 33.1 Å². The van der Waals surface area contributed by atoms with Crippen molar-refractivity contribution >= 4 is 39.0 Å². The molecule has 0 radical (unpaired) electrons. The Labute approximate surface area is 241 Å². The second-order valence-corrected chi connectivity index (χ2v) is 12.6. The smallest absolute Gasteiger partial charge is 0.159 e. The summed E-state index contributed by atoms with van der Waals surface area (Å²) in [4.78, 5) is 2.35. The van der Waals surface area contributed by atoms with E-state index in [9.17, 15) is 0 Å². The molecule has 0 saturated heterocycles. The van der Waals surface area contributed by atoms with Crippen molar-refractivity contribution in [1.82, 2.24) is 0 Å². The molecule has 0 aliphatic heterocycles. The van der Waals surface area contributed by atoms with Gasteiger partial charge in [0.05, 0.1) is 5.69 Å². The largest absolute Gasteiger partial charge is 0.454 e.